The minimum Gasteiger partial charge on any atom is -0.461 e. The molecule has 4 aliphatic carbocycles. The zero-order valence-corrected chi connectivity index (χ0v) is 19.9. The van der Waals surface area contributed by atoms with E-state index in [1.807, 2.05) is 24.3 Å². The Hall–Kier alpha value is -3.62. The van der Waals surface area contributed by atoms with E-state index in [0.717, 1.165) is 23.1 Å². The Morgan fingerprint density at radius 1 is 0.778 bits per heavy atom. The Kier molecular flexibility index (Phi) is 4.94. The predicted molar refractivity (Wildman–Crippen MR) is 129 cm³/mol. The van der Waals surface area contributed by atoms with Crippen molar-refractivity contribution in [3.8, 4) is 12.0 Å². The summed E-state index contributed by atoms with van der Waals surface area (Å²) in [7, 11) is 0. The van der Waals surface area contributed by atoms with Crippen molar-refractivity contribution in [2.24, 2.45) is 23.2 Å². The molecule has 5 aliphatic rings. The van der Waals surface area contributed by atoms with Crippen LogP contribution in [0, 0.1) is 23.2 Å². The molecule has 0 saturated heterocycles. The van der Waals surface area contributed by atoms with Gasteiger partial charge in [0, 0.05) is 21.9 Å². The number of aromatic nitrogens is 4. The fourth-order valence-electron chi connectivity index (χ4n) is 7.52. The van der Waals surface area contributed by atoms with E-state index in [2.05, 4.69) is 20.4 Å². The van der Waals surface area contributed by atoms with Crippen LogP contribution in [0.2, 0.25) is 0 Å². The fourth-order valence-corrected chi connectivity index (χ4v) is 7.52. The van der Waals surface area contributed by atoms with Gasteiger partial charge in [0.2, 0.25) is 0 Å². The van der Waals surface area contributed by atoms with Crippen LogP contribution in [0.5, 0.6) is 12.0 Å². The summed E-state index contributed by atoms with van der Waals surface area (Å²) in [4.78, 5) is 27.2. The third-order valence-electron chi connectivity index (χ3n) is 8.52. The normalized spacial score (nSPS) is 28.1. The maximum absolute atomic E-state index is 13.0. The van der Waals surface area contributed by atoms with Crippen LogP contribution in [0.1, 0.15) is 59.2 Å². The van der Waals surface area contributed by atoms with Gasteiger partial charge in [-0.05, 0) is 73.8 Å². The molecule has 0 N–H and O–H groups in total. The van der Waals surface area contributed by atoms with Crippen LogP contribution in [0.4, 0.5) is 0 Å². The Labute approximate surface area is 208 Å². The van der Waals surface area contributed by atoms with Crippen LogP contribution < -0.4 is 9.47 Å². The molecule has 4 fully saturated rings. The molecule has 1 aromatic heterocycles. The van der Waals surface area contributed by atoms with Crippen molar-refractivity contribution in [1.29, 1.82) is 0 Å². The maximum Gasteiger partial charge on any atom is 0.355 e. The van der Waals surface area contributed by atoms with Crippen LogP contribution in [0.15, 0.2) is 36.4 Å². The number of imide groups is 1. The predicted octanol–water partition coefficient (Wildman–Crippen LogP) is 3.69. The van der Waals surface area contributed by atoms with Crippen molar-refractivity contribution in [3.05, 3.63) is 47.5 Å². The summed E-state index contributed by atoms with van der Waals surface area (Å²) in [5.41, 5.74) is 1.29. The zero-order valence-electron chi connectivity index (χ0n) is 19.9. The molecule has 9 heteroatoms. The van der Waals surface area contributed by atoms with Gasteiger partial charge in [0.1, 0.15) is 6.61 Å². The number of benzene rings is 2. The number of hydrogen-bond acceptors (Lipinski definition) is 8. The molecule has 8 rings (SSSR count). The molecule has 2 heterocycles. The van der Waals surface area contributed by atoms with E-state index in [0.29, 0.717) is 23.1 Å². The van der Waals surface area contributed by atoms with Gasteiger partial charge in [-0.2, -0.15) is 0 Å². The van der Waals surface area contributed by atoms with Crippen LogP contribution in [0.25, 0.3) is 10.8 Å². The molecule has 1 aliphatic heterocycles. The van der Waals surface area contributed by atoms with Crippen molar-refractivity contribution in [3.63, 3.8) is 0 Å². The van der Waals surface area contributed by atoms with E-state index in [1.165, 1.54) is 43.4 Å². The molecule has 2 amide bonds. The highest BCUT2D eigenvalue weighted by molar-refractivity contribution is 6.25. The highest BCUT2D eigenvalue weighted by atomic mass is 16.5. The molecule has 2 aromatic carbocycles. The Bertz CT molecular complexity index is 1270. The standard InChI is InChI=1S/C27H27N5O4/c33-23-20-5-1-3-19-4-2-6-21(22(19)20)24(34)32(23)7-8-35-25-28-30-26(31-29-25)36-15-27-12-16-9-17(13-27)11-18(10-16)14-27/h1-6,16-18H,7-15H2. The molecule has 4 bridgehead atoms. The van der Waals surface area contributed by atoms with Gasteiger partial charge >= 0.3 is 12.0 Å². The second kappa shape index (κ2) is 8.21. The number of rotatable bonds is 7. The third-order valence-corrected chi connectivity index (χ3v) is 8.52. The van der Waals surface area contributed by atoms with Gasteiger partial charge in [0.05, 0.1) is 13.2 Å². The first-order valence-corrected chi connectivity index (χ1v) is 12.8. The average molecular weight is 486 g/mol. The topological polar surface area (TPSA) is 107 Å². The molecular weight excluding hydrogens is 458 g/mol. The summed E-state index contributed by atoms with van der Waals surface area (Å²) in [6.07, 6.45) is 7.90. The van der Waals surface area contributed by atoms with Gasteiger partial charge in [0.25, 0.3) is 11.8 Å². The Balaban J connectivity index is 0.960. The van der Waals surface area contributed by atoms with Crippen LogP contribution in [-0.4, -0.2) is 56.9 Å². The van der Waals surface area contributed by atoms with Gasteiger partial charge < -0.3 is 9.47 Å². The molecule has 0 spiro atoms. The maximum atomic E-state index is 13.0. The molecule has 3 aromatic rings. The monoisotopic (exact) mass is 485 g/mol. The number of ether oxygens (including phenoxy) is 2. The van der Waals surface area contributed by atoms with Gasteiger partial charge in [-0.25, -0.2) is 0 Å². The van der Waals surface area contributed by atoms with Crippen molar-refractivity contribution in [2.75, 3.05) is 19.8 Å². The minimum atomic E-state index is -0.335. The lowest BCUT2D eigenvalue weighted by molar-refractivity contribution is -0.0761. The quantitative estimate of drug-likeness (QED) is 0.467. The summed E-state index contributed by atoms with van der Waals surface area (Å²) < 4.78 is 11.5. The first kappa shape index (κ1) is 21.6. The van der Waals surface area contributed by atoms with Crippen molar-refractivity contribution >= 4 is 22.6 Å². The molecular formula is C27H27N5O4. The number of carbonyl (C=O) groups excluding carboxylic acids is 2. The molecule has 0 atom stereocenters. The highest BCUT2D eigenvalue weighted by Gasteiger charge is 2.51. The van der Waals surface area contributed by atoms with E-state index in [9.17, 15) is 9.59 Å². The lowest BCUT2D eigenvalue weighted by Gasteiger charge is -2.56. The Morgan fingerprint density at radius 2 is 1.31 bits per heavy atom. The summed E-state index contributed by atoms with van der Waals surface area (Å²) in [5, 5.41) is 17.6. The van der Waals surface area contributed by atoms with Gasteiger partial charge in [-0.15, -0.1) is 0 Å². The SMILES string of the molecule is O=C1c2cccc3cccc(c23)C(=O)N1CCOc1nnc(OCC23CC4CC(CC(C4)C2)C3)nn1. The van der Waals surface area contributed by atoms with E-state index in [4.69, 9.17) is 9.47 Å². The second-order valence-electron chi connectivity index (χ2n) is 11.0. The van der Waals surface area contributed by atoms with Crippen LogP contribution >= 0.6 is 0 Å². The van der Waals surface area contributed by atoms with Gasteiger partial charge in [-0.1, -0.05) is 44.7 Å². The largest absolute Gasteiger partial charge is 0.461 e. The zero-order chi connectivity index (χ0) is 24.3. The number of hydrogen-bond donors (Lipinski definition) is 0. The van der Waals surface area contributed by atoms with E-state index in [-0.39, 0.29) is 42.4 Å². The molecule has 184 valence electrons. The van der Waals surface area contributed by atoms with E-state index < -0.39 is 0 Å². The average Bonchev–Trinajstić information content (AvgIpc) is 2.88. The second-order valence-corrected chi connectivity index (χ2v) is 11.0. The van der Waals surface area contributed by atoms with Crippen molar-refractivity contribution in [1.82, 2.24) is 25.3 Å². The first-order chi connectivity index (χ1) is 17.6. The summed E-state index contributed by atoms with van der Waals surface area (Å²) >= 11 is 0. The summed E-state index contributed by atoms with van der Waals surface area (Å²) in [6.45, 7) is 0.718. The minimum absolute atomic E-state index is 0.0171. The third kappa shape index (κ3) is 3.60. The van der Waals surface area contributed by atoms with Gasteiger partial charge in [-0.3, -0.25) is 14.5 Å². The first-order valence-electron chi connectivity index (χ1n) is 12.8. The van der Waals surface area contributed by atoms with Crippen molar-refractivity contribution in [2.45, 2.75) is 38.5 Å². The van der Waals surface area contributed by atoms with Crippen LogP contribution in [-0.2, 0) is 0 Å². The summed E-state index contributed by atoms with van der Waals surface area (Å²) in [5.74, 6) is 1.89. The van der Waals surface area contributed by atoms with Gasteiger partial charge in [0.15, 0.2) is 0 Å². The van der Waals surface area contributed by atoms with Crippen LogP contribution in [0.3, 0.4) is 0 Å². The van der Waals surface area contributed by atoms with Crippen molar-refractivity contribution < 1.29 is 19.1 Å². The molecule has 0 radical (unpaired) electrons. The number of nitrogens with zero attached hydrogens (tertiary/aromatic N) is 5. The number of amides is 2. The highest BCUT2D eigenvalue weighted by Crippen LogP contribution is 2.59. The summed E-state index contributed by atoms with van der Waals surface area (Å²) in [6, 6.07) is 11.1. The molecule has 36 heavy (non-hydrogen) atoms. The Morgan fingerprint density at radius 3 is 1.86 bits per heavy atom. The number of carbonyl (C=O) groups is 2. The fraction of sp³-hybridized carbons (Fsp3) is 0.481. The molecule has 4 saturated carbocycles. The molecule has 0 unspecified atom stereocenters. The van der Waals surface area contributed by atoms with E-state index >= 15 is 0 Å². The van der Waals surface area contributed by atoms with E-state index in [1.54, 1.807) is 12.1 Å². The molecule has 9 nitrogen and oxygen atoms in total. The lowest BCUT2D eigenvalue weighted by Crippen LogP contribution is -2.48. The lowest BCUT2D eigenvalue weighted by atomic mass is 9.50. The smallest absolute Gasteiger partial charge is 0.355 e.